The van der Waals surface area contributed by atoms with Crippen molar-refractivity contribution in [2.75, 3.05) is 0 Å². The molecular formula is C8H22OSi2. The lowest BCUT2D eigenvalue weighted by Gasteiger charge is -2.32. The molecule has 0 saturated carbocycles. The van der Waals surface area contributed by atoms with Crippen LogP contribution >= 0.6 is 0 Å². The molecule has 1 nitrogen and oxygen atoms in total. The zero-order valence-corrected chi connectivity index (χ0v) is 10.8. The lowest BCUT2D eigenvalue weighted by molar-refractivity contribution is 0.542. The number of hydrogen-bond acceptors (Lipinski definition) is 1. The van der Waals surface area contributed by atoms with Crippen LogP contribution in [0.2, 0.25) is 38.3 Å². The van der Waals surface area contributed by atoms with Gasteiger partial charge in [-0.05, 0) is 38.3 Å². The third-order valence-electron chi connectivity index (χ3n) is 2.26. The van der Waals surface area contributed by atoms with Gasteiger partial charge in [0, 0.05) is 0 Å². The second-order valence-corrected chi connectivity index (χ2v) is 13.6. The van der Waals surface area contributed by atoms with Crippen LogP contribution in [0.3, 0.4) is 0 Å². The average molecular weight is 190 g/mol. The Morgan fingerprint density at radius 3 is 1.27 bits per heavy atom. The largest absolute Gasteiger partial charge is 0.456 e. The molecule has 0 aliphatic rings. The molecule has 0 heterocycles. The van der Waals surface area contributed by atoms with Crippen molar-refractivity contribution in [1.29, 1.82) is 0 Å². The van der Waals surface area contributed by atoms with Gasteiger partial charge < -0.3 is 4.12 Å². The topological polar surface area (TPSA) is 9.23 Å². The van der Waals surface area contributed by atoms with Crippen molar-refractivity contribution >= 4 is 16.6 Å². The van der Waals surface area contributed by atoms with E-state index in [2.05, 4.69) is 40.0 Å². The standard InChI is InChI=1S/C8H22OSi2/c1-7-10(3,4)9-11(5,6)8-2/h7-8H2,1-6H3. The van der Waals surface area contributed by atoms with Gasteiger partial charge in [-0.1, -0.05) is 13.8 Å². The maximum atomic E-state index is 6.20. The van der Waals surface area contributed by atoms with Crippen LogP contribution in [0.1, 0.15) is 13.8 Å². The first-order valence-electron chi connectivity index (χ1n) is 4.53. The van der Waals surface area contributed by atoms with E-state index in [1.807, 2.05) is 0 Å². The molecule has 0 fully saturated rings. The Morgan fingerprint density at radius 2 is 1.09 bits per heavy atom. The van der Waals surface area contributed by atoms with Crippen molar-refractivity contribution in [1.82, 2.24) is 0 Å². The van der Waals surface area contributed by atoms with E-state index >= 15 is 0 Å². The van der Waals surface area contributed by atoms with Crippen LogP contribution in [0, 0.1) is 0 Å². The van der Waals surface area contributed by atoms with Gasteiger partial charge in [-0.25, -0.2) is 0 Å². The summed E-state index contributed by atoms with van der Waals surface area (Å²) in [7, 11) is -2.54. The van der Waals surface area contributed by atoms with Gasteiger partial charge >= 0.3 is 0 Å². The third kappa shape index (κ3) is 4.77. The van der Waals surface area contributed by atoms with Gasteiger partial charge in [0.2, 0.25) is 0 Å². The molecule has 0 radical (unpaired) electrons. The molecule has 3 heteroatoms. The minimum Gasteiger partial charge on any atom is -0.456 e. The second-order valence-electron chi connectivity index (χ2n) is 4.33. The normalized spacial score (nSPS) is 13.6. The monoisotopic (exact) mass is 190 g/mol. The molecule has 0 amide bonds. The summed E-state index contributed by atoms with van der Waals surface area (Å²) in [5, 5.41) is 0. The van der Waals surface area contributed by atoms with Crippen LogP contribution in [0.4, 0.5) is 0 Å². The van der Waals surface area contributed by atoms with Gasteiger partial charge in [-0.15, -0.1) is 0 Å². The molecule has 0 rings (SSSR count). The number of rotatable bonds is 4. The molecule has 0 saturated heterocycles. The van der Waals surface area contributed by atoms with E-state index in [1.165, 1.54) is 12.1 Å². The molecule has 0 aromatic rings. The van der Waals surface area contributed by atoms with E-state index in [-0.39, 0.29) is 0 Å². The summed E-state index contributed by atoms with van der Waals surface area (Å²) in [6, 6.07) is 2.48. The van der Waals surface area contributed by atoms with Gasteiger partial charge in [-0.3, -0.25) is 0 Å². The van der Waals surface area contributed by atoms with Crippen molar-refractivity contribution in [3.8, 4) is 0 Å². The Morgan fingerprint density at radius 1 is 0.818 bits per heavy atom. The van der Waals surface area contributed by atoms with E-state index in [0.717, 1.165) is 0 Å². The fourth-order valence-corrected chi connectivity index (χ4v) is 8.03. The molecule has 0 N–H and O–H groups in total. The summed E-state index contributed by atoms with van der Waals surface area (Å²) in [5.41, 5.74) is 0. The summed E-state index contributed by atoms with van der Waals surface area (Å²) < 4.78 is 6.20. The summed E-state index contributed by atoms with van der Waals surface area (Å²) in [4.78, 5) is 0. The molecule has 0 aromatic carbocycles. The van der Waals surface area contributed by atoms with Crippen molar-refractivity contribution in [2.24, 2.45) is 0 Å². The van der Waals surface area contributed by atoms with Crippen LogP contribution in [-0.4, -0.2) is 16.6 Å². The summed E-state index contributed by atoms with van der Waals surface area (Å²) in [6.45, 7) is 13.8. The van der Waals surface area contributed by atoms with Gasteiger partial charge in [0.25, 0.3) is 0 Å². The first-order chi connectivity index (χ1) is 4.83. The van der Waals surface area contributed by atoms with E-state index in [0.29, 0.717) is 0 Å². The molecule has 0 atom stereocenters. The van der Waals surface area contributed by atoms with Crippen LogP contribution < -0.4 is 0 Å². The van der Waals surface area contributed by atoms with E-state index in [9.17, 15) is 0 Å². The van der Waals surface area contributed by atoms with E-state index in [4.69, 9.17) is 4.12 Å². The maximum Gasteiger partial charge on any atom is 0.173 e. The highest BCUT2D eigenvalue weighted by Crippen LogP contribution is 2.20. The van der Waals surface area contributed by atoms with Crippen LogP contribution in [0.5, 0.6) is 0 Å². The predicted molar refractivity (Wildman–Crippen MR) is 57.0 cm³/mol. The highest BCUT2D eigenvalue weighted by atomic mass is 28.4. The van der Waals surface area contributed by atoms with Crippen LogP contribution in [0.25, 0.3) is 0 Å². The summed E-state index contributed by atoms with van der Waals surface area (Å²) >= 11 is 0. The second kappa shape index (κ2) is 3.87. The van der Waals surface area contributed by atoms with Crippen molar-refractivity contribution < 1.29 is 4.12 Å². The van der Waals surface area contributed by atoms with E-state index < -0.39 is 16.6 Å². The summed E-state index contributed by atoms with van der Waals surface area (Å²) in [5.74, 6) is 0. The molecule has 0 spiro atoms. The maximum absolute atomic E-state index is 6.20. The molecule has 0 aliphatic carbocycles. The smallest absolute Gasteiger partial charge is 0.173 e. The zero-order valence-electron chi connectivity index (χ0n) is 8.82. The van der Waals surface area contributed by atoms with Gasteiger partial charge in [0.15, 0.2) is 16.6 Å². The molecule has 11 heavy (non-hydrogen) atoms. The van der Waals surface area contributed by atoms with Crippen LogP contribution in [0.15, 0.2) is 0 Å². The zero-order chi connectivity index (χ0) is 9.12. The lowest BCUT2D eigenvalue weighted by Crippen LogP contribution is -2.43. The molecule has 68 valence electrons. The Balaban J connectivity index is 4.02. The average Bonchev–Trinajstić information content (AvgIpc) is 1.86. The molecule has 0 bridgehead atoms. The quantitative estimate of drug-likeness (QED) is 0.617. The fourth-order valence-electron chi connectivity index (χ4n) is 0.892. The van der Waals surface area contributed by atoms with Gasteiger partial charge in [0.05, 0.1) is 0 Å². The number of hydrogen-bond donors (Lipinski definition) is 0. The first kappa shape index (κ1) is 11.4. The third-order valence-corrected chi connectivity index (χ3v) is 10.1. The highest BCUT2D eigenvalue weighted by molar-refractivity contribution is 6.84. The van der Waals surface area contributed by atoms with Crippen LogP contribution in [-0.2, 0) is 4.12 Å². The Bertz CT molecular complexity index is 107. The first-order valence-corrected chi connectivity index (χ1v) is 10.8. The lowest BCUT2D eigenvalue weighted by atomic mass is 11.0. The Kier molecular flexibility index (Phi) is 4.01. The van der Waals surface area contributed by atoms with Gasteiger partial charge in [-0.2, -0.15) is 0 Å². The van der Waals surface area contributed by atoms with Crippen molar-refractivity contribution in [3.63, 3.8) is 0 Å². The van der Waals surface area contributed by atoms with Crippen molar-refractivity contribution in [3.05, 3.63) is 0 Å². The predicted octanol–water partition coefficient (Wildman–Crippen LogP) is 3.45. The Hall–Kier alpha value is 0.394. The Labute approximate surface area is 73.4 Å². The van der Waals surface area contributed by atoms with Crippen molar-refractivity contribution in [2.45, 2.75) is 52.1 Å². The minimum absolute atomic E-state index is 1.24. The molecule has 0 unspecified atom stereocenters. The molecular weight excluding hydrogens is 168 g/mol. The van der Waals surface area contributed by atoms with E-state index in [1.54, 1.807) is 0 Å². The molecule has 0 aromatic heterocycles. The molecule has 0 aliphatic heterocycles. The highest BCUT2D eigenvalue weighted by Gasteiger charge is 2.29. The fraction of sp³-hybridized carbons (Fsp3) is 1.00. The summed E-state index contributed by atoms with van der Waals surface area (Å²) in [6.07, 6.45) is 0. The SMILES string of the molecule is CC[Si](C)(C)O[Si](C)(C)CC. The minimum atomic E-state index is -1.27. The van der Waals surface area contributed by atoms with Gasteiger partial charge in [0.1, 0.15) is 0 Å².